The van der Waals surface area contributed by atoms with Crippen LogP contribution in [-0.4, -0.2) is 5.25 Å². The quantitative estimate of drug-likeness (QED) is 0.578. The van der Waals surface area contributed by atoms with Crippen LogP contribution in [0.1, 0.15) is 20.3 Å². The highest BCUT2D eigenvalue weighted by molar-refractivity contribution is 8.03. The third kappa shape index (κ3) is 1.06. The van der Waals surface area contributed by atoms with Gasteiger partial charge in [0.25, 0.3) is 0 Å². The fourth-order valence-electron chi connectivity index (χ4n) is 0.997. The van der Waals surface area contributed by atoms with Crippen molar-refractivity contribution in [2.45, 2.75) is 25.5 Å². The first-order valence-corrected chi connectivity index (χ1v) is 4.40. The van der Waals surface area contributed by atoms with E-state index in [0.717, 1.165) is 6.42 Å². The fraction of sp³-hybridized carbons (Fsp3) is 0.625. The molecule has 0 saturated heterocycles. The molecule has 2 atom stereocenters. The molecular formula is C8H11NS. The SMILES string of the molecule is CCC1(C)C=CSC1C#N. The molecular weight excluding hydrogens is 142 g/mol. The van der Waals surface area contributed by atoms with E-state index in [2.05, 4.69) is 26.0 Å². The summed E-state index contributed by atoms with van der Waals surface area (Å²) in [5.41, 5.74) is 0.124. The molecule has 0 fully saturated rings. The van der Waals surface area contributed by atoms with Crippen LogP contribution in [0.5, 0.6) is 0 Å². The number of nitriles is 1. The average molecular weight is 153 g/mol. The molecule has 0 saturated carbocycles. The van der Waals surface area contributed by atoms with E-state index in [9.17, 15) is 0 Å². The summed E-state index contributed by atoms with van der Waals surface area (Å²) in [7, 11) is 0. The molecule has 0 aliphatic carbocycles. The van der Waals surface area contributed by atoms with Crippen molar-refractivity contribution in [2.24, 2.45) is 5.41 Å². The highest BCUT2D eigenvalue weighted by atomic mass is 32.2. The minimum absolute atomic E-state index is 0.124. The second kappa shape index (κ2) is 2.67. The third-order valence-corrected chi connectivity index (χ3v) is 3.35. The standard InChI is InChI=1S/C8H11NS/c1-3-8(2)4-5-10-7(8)6-9/h4-5,7H,3H2,1-2H3. The maximum Gasteiger partial charge on any atom is 0.104 e. The van der Waals surface area contributed by atoms with Gasteiger partial charge < -0.3 is 0 Å². The van der Waals surface area contributed by atoms with Gasteiger partial charge in [-0.3, -0.25) is 0 Å². The maximum absolute atomic E-state index is 8.72. The second-order valence-electron chi connectivity index (χ2n) is 2.81. The molecule has 1 aliphatic heterocycles. The number of allylic oxidation sites excluding steroid dienone is 1. The minimum atomic E-state index is 0.124. The van der Waals surface area contributed by atoms with E-state index in [4.69, 9.17) is 5.26 Å². The Morgan fingerprint density at radius 2 is 2.50 bits per heavy atom. The molecule has 2 unspecified atom stereocenters. The number of rotatable bonds is 1. The summed E-state index contributed by atoms with van der Waals surface area (Å²) in [6.07, 6.45) is 3.19. The van der Waals surface area contributed by atoms with Crippen molar-refractivity contribution in [3.05, 3.63) is 11.5 Å². The van der Waals surface area contributed by atoms with Gasteiger partial charge in [-0.15, -0.1) is 11.8 Å². The van der Waals surface area contributed by atoms with E-state index in [1.54, 1.807) is 11.8 Å². The Morgan fingerprint density at radius 3 is 2.90 bits per heavy atom. The van der Waals surface area contributed by atoms with Gasteiger partial charge in [0.2, 0.25) is 0 Å². The molecule has 10 heavy (non-hydrogen) atoms. The average Bonchev–Trinajstić information content (AvgIpc) is 2.32. The number of thioether (sulfide) groups is 1. The van der Waals surface area contributed by atoms with Crippen molar-refractivity contribution >= 4 is 11.8 Å². The Labute approximate surface area is 66.1 Å². The van der Waals surface area contributed by atoms with Crippen molar-refractivity contribution < 1.29 is 0 Å². The van der Waals surface area contributed by atoms with Crippen LogP contribution < -0.4 is 0 Å². The predicted molar refractivity (Wildman–Crippen MR) is 44.5 cm³/mol. The summed E-state index contributed by atoms with van der Waals surface area (Å²) in [4.78, 5) is 0. The molecule has 0 amide bonds. The Morgan fingerprint density at radius 1 is 1.80 bits per heavy atom. The normalized spacial score (nSPS) is 37.9. The second-order valence-corrected chi connectivity index (χ2v) is 3.82. The monoisotopic (exact) mass is 153 g/mol. The summed E-state index contributed by atoms with van der Waals surface area (Å²) >= 11 is 1.63. The van der Waals surface area contributed by atoms with Crippen LogP contribution in [0.4, 0.5) is 0 Å². The zero-order valence-corrected chi connectivity index (χ0v) is 7.11. The van der Waals surface area contributed by atoms with Crippen molar-refractivity contribution in [1.82, 2.24) is 0 Å². The molecule has 1 heterocycles. The third-order valence-electron chi connectivity index (χ3n) is 2.14. The lowest BCUT2D eigenvalue weighted by Crippen LogP contribution is -2.21. The lowest BCUT2D eigenvalue weighted by Gasteiger charge is -2.22. The van der Waals surface area contributed by atoms with E-state index >= 15 is 0 Å². The lowest BCUT2D eigenvalue weighted by atomic mass is 9.85. The predicted octanol–water partition coefficient (Wildman–Crippen LogP) is 2.56. The molecule has 0 radical (unpaired) electrons. The van der Waals surface area contributed by atoms with Gasteiger partial charge in [-0.05, 0) is 11.8 Å². The van der Waals surface area contributed by atoms with Crippen LogP contribution in [0.3, 0.4) is 0 Å². The summed E-state index contributed by atoms with van der Waals surface area (Å²) < 4.78 is 0. The highest BCUT2D eigenvalue weighted by Gasteiger charge is 2.33. The van der Waals surface area contributed by atoms with Gasteiger partial charge in [0.1, 0.15) is 5.25 Å². The lowest BCUT2D eigenvalue weighted by molar-refractivity contribution is 0.440. The Balaban J connectivity index is 2.76. The largest absolute Gasteiger partial charge is 0.197 e. The maximum atomic E-state index is 8.72. The Kier molecular flexibility index (Phi) is 2.05. The van der Waals surface area contributed by atoms with Gasteiger partial charge in [0, 0.05) is 5.41 Å². The van der Waals surface area contributed by atoms with E-state index in [1.165, 1.54) is 0 Å². The van der Waals surface area contributed by atoms with Crippen LogP contribution in [-0.2, 0) is 0 Å². The van der Waals surface area contributed by atoms with Crippen molar-refractivity contribution in [1.29, 1.82) is 5.26 Å². The number of hydrogen-bond acceptors (Lipinski definition) is 2. The van der Waals surface area contributed by atoms with Gasteiger partial charge in [-0.2, -0.15) is 5.26 Å². The Bertz CT molecular complexity index is 192. The van der Waals surface area contributed by atoms with Crippen LogP contribution in [0.2, 0.25) is 0 Å². The molecule has 2 heteroatoms. The number of hydrogen-bond donors (Lipinski definition) is 0. The fourth-order valence-corrected chi connectivity index (χ4v) is 2.16. The van der Waals surface area contributed by atoms with Crippen LogP contribution >= 0.6 is 11.8 Å². The zero-order valence-electron chi connectivity index (χ0n) is 6.29. The number of nitrogens with zero attached hydrogens (tertiary/aromatic N) is 1. The topological polar surface area (TPSA) is 23.8 Å². The van der Waals surface area contributed by atoms with Crippen LogP contribution in [0, 0.1) is 16.7 Å². The molecule has 0 aromatic heterocycles. The first-order chi connectivity index (χ1) is 4.73. The van der Waals surface area contributed by atoms with E-state index < -0.39 is 0 Å². The first kappa shape index (κ1) is 7.68. The van der Waals surface area contributed by atoms with Gasteiger partial charge in [-0.25, -0.2) is 0 Å². The van der Waals surface area contributed by atoms with E-state index in [-0.39, 0.29) is 10.7 Å². The Hall–Kier alpha value is -0.420. The summed E-state index contributed by atoms with van der Waals surface area (Å²) in [5.74, 6) is 0. The summed E-state index contributed by atoms with van der Waals surface area (Å²) in [5, 5.41) is 10.9. The molecule has 0 spiro atoms. The molecule has 1 rings (SSSR count). The molecule has 0 bridgehead atoms. The van der Waals surface area contributed by atoms with Gasteiger partial charge in [0.15, 0.2) is 0 Å². The van der Waals surface area contributed by atoms with E-state index in [1.807, 2.05) is 5.41 Å². The minimum Gasteiger partial charge on any atom is -0.197 e. The summed E-state index contributed by atoms with van der Waals surface area (Å²) in [6.45, 7) is 4.26. The zero-order chi connectivity index (χ0) is 7.61. The van der Waals surface area contributed by atoms with Crippen LogP contribution in [0.15, 0.2) is 11.5 Å². The van der Waals surface area contributed by atoms with Gasteiger partial charge in [-0.1, -0.05) is 19.9 Å². The molecule has 0 aromatic rings. The van der Waals surface area contributed by atoms with Crippen molar-refractivity contribution in [2.75, 3.05) is 0 Å². The molecule has 54 valence electrons. The highest BCUT2D eigenvalue weighted by Crippen LogP contribution is 2.41. The molecule has 0 aromatic carbocycles. The molecule has 0 N–H and O–H groups in total. The van der Waals surface area contributed by atoms with Gasteiger partial charge >= 0.3 is 0 Å². The van der Waals surface area contributed by atoms with Crippen molar-refractivity contribution in [3.8, 4) is 6.07 Å². The summed E-state index contributed by atoms with van der Waals surface area (Å²) in [6, 6.07) is 2.31. The van der Waals surface area contributed by atoms with Crippen molar-refractivity contribution in [3.63, 3.8) is 0 Å². The molecule has 1 nitrogen and oxygen atoms in total. The first-order valence-electron chi connectivity index (χ1n) is 3.46. The van der Waals surface area contributed by atoms with E-state index in [0.29, 0.717) is 0 Å². The smallest absolute Gasteiger partial charge is 0.104 e. The molecule has 1 aliphatic rings. The van der Waals surface area contributed by atoms with Crippen LogP contribution in [0.25, 0.3) is 0 Å². The van der Waals surface area contributed by atoms with Gasteiger partial charge in [0.05, 0.1) is 6.07 Å².